The van der Waals surface area contributed by atoms with Crippen LogP contribution in [0.2, 0.25) is 0 Å². The number of halogens is 1. The van der Waals surface area contributed by atoms with Crippen LogP contribution in [-0.4, -0.2) is 73.0 Å². The van der Waals surface area contributed by atoms with E-state index in [-0.39, 0.29) is 51.6 Å². The number of carbonyl (C=O) groups excluding carboxylic acids is 1. The van der Waals surface area contributed by atoms with Crippen molar-refractivity contribution in [1.82, 2.24) is 14.8 Å². The van der Waals surface area contributed by atoms with Crippen molar-refractivity contribution in [2.24, 2.45) is 0 Å². The molecule has 2 aliphatic rings. The normalized spacial score (nSPS) is 19.2. The van der Waals surface area contributed by atoms with Crippen molar-refractivity contribution in [3.05, 3.63) is 35.3 Å². The summed E-state index contributed by atoms with van der Waals surface area (Å²) in [4.78, 5) is 20.1. The van der Waals surface area contributed by atoms with Crippen LogP contribution in [0.3, 0.4) is 0 Å². The molecule has 4 rings (SSSR count). The second-order valence-corrected chi connectivity index (χ2v) is 11.0. The number of aryl methyl sites for hydroxylation is 1. The van der Waals surface area contributed by atoms with Crippen molar-refractivity contribution in [1.29, 1.82) is 0 Å². The summed E-state index contributed by atoms with van der Waals surface area (Å²) in [5, 5.41) is 11.3. The van der Waals surface area contributed by atoms with E-state index in [1.54, 1.807) is 16.8 Å². The largest absolute Gasteiger partial charge is 0.381 e. The predicted molar refractivity (Wildman–Crippen MR) is 125 cm³/mol. The van der Waals surface area contributed by atoms with E-state index in [1.807, 2.05) is 23.2 Å². The topological polar surface area (TPSA) is 112 Å². The summed E-state index contributed by atoms with van der Waals surface area (Å²) in [5.74, 6) is -0.0951. The van der Waals surface area contributed by atoms with E-state index < -0.39 is 20.7 Å². The Morgan fingerprint density at radius 3 is 2.44 bits per heavy atom. The number of hydrogen-bond donors (Lipinski definition) is 2. The number of piperazine rings is 1. The summed E-state index contributed by atoms with van der Waals surface area (Å²) in [6, 6.07) is 6.10. The maximum atomic E-state index is 13.4. The summed E-state index contributed by atoms with van der Waals surface area (Å²) >= 11 is 1.68. The molecule has 32 heavy (non-hydrogen) atoms. The number of aromatic nitrogens is 1. The van der Waals surface area contributed by atoms with Crippen LogP contribution in [0.4, 0.5) is 5.82 Å². The summed E-state index contributed by atoms with van der Waals surface area (Å²) in [6.07, 6.45) is 1.88. The lowest BCUT2D eigenvalue weighted by molar-refractivity contribution is -0.134. The number of rotatable bonds is 5. The van der Waals surface area contributed by atoms with Gasteiger partial charge in [0.1, 0.15) is 5.82 Å². The first-order valence-electron chi connectivity index (χ1n) is 10.2. The maximum absolute atomic E-state index is 13.4. The first kappa shape index (κ1) is 24.9. The lowest BCUT2D eigenvalue weighted by atomic mass is 9.98. The molecule has 2 fully saturated rings. The van der Waals surface area contributed by atoms with Crippen LogP contribution in [0, 0.1) is 6.92 Å². The van der Waals surface area contributed by atoms with Crippen molar-refractivity contribution in [2.45, 2.75) is 24.5 Å². The number of amides is 1. The Morgan fingerprint density at radius 2 is 1.91 bits per heavy atom. The fourth-order valence-electron chi connectivity index (χ4n) is 4.11. The van der Waals surface area contributed by atoms with Crippen LogP contribution < -0.4 is 10.4 Å². The molecule has 2 saturated heterocycles. The Labute approximate surface area is 197 Å². The van der Waals surface area contributed by atoms with Gasteiger partial charge in [-0.2, -0.15) is 4.31 Å². The predicted octanol–water partition coefficient (Wildman–Crippen LogP) is 2.05. The molecule has 4 heterocycles. The average molecular weight is 503 g/mol. The van der Waals surface area contributed by atoms with Crippen LogP contribution >= 0.6 is 23.7 Å². The zero-order chi connectivity index (χ0) is 22.1. The number of nitrogens with zero attached hydrogens (tertiary/aromatic N) is 3. The standard InChI is InChI=1S/C20H26N4O5S2.ClH/c1-15-12-17(30-14-15)16-2-3-18(21-13-16)23-6-8-24(9-7-23)31(27,28)20(19(25)22-26)4-10-29-11-5-20;/h2-3,12-14,26H,4-11H2,1H3,(H,22,25);1H. The molecule has 0 spiro atoms. The minimum absolute atomic E-state index is 0. The zero-order valence-electron chi connectivity index (χ0n) is 17.7. The maximum Gasteiger partial charge on any atom is 0.266 e. The molecule has 2 aromatic heterocycles. The molecule has 0 aliphatic carbocycles. The smallest absolute Gasteiger partial charge is 0.266 e. The van der Waals surface area contributed by atoms with Crippen molar-refractivity contribution in [2.75, 3.05) is 44.3 Å². The van der Waals surface area contributed by atoms with E-state index in [0.717, 1.165) is 16.3 Å². The summed E-state index contributed by atoms with van der Waals surface area (Å²) in [5.41, 5.74) is 3.83. The molecule has 176 valence electrons. The minimum Gasteiger partial charge on any atom is -0.381 e. The first-order valence-corrected chi connectivity index (χ1v) is 12.5. The van der Waals surface area contributed by atoms with E-state index in [1.165, 1.54) is 9.87 Å². The van der Waals surface area contributed by atoms with Crippen molar-refractivity contribution < 1.29 is 23.2 Å². The number of sulfonamides is 1. The Balaban J connectivity index is 0.00000289. The Hall–Kier alpha value is -1.76. The molecule has 9 nitrogen and oxygen atoms in total. The molecular weight excluding hydrogens is 476 g/mol. The molecule has 0 atom stereocenters. The summed E-state index contributed by atoms with van der Waals surface area (Å²) in [7, 11) is -3.97. The molecule has 0 radical (unpaired) electrons. The molecule has 2 aromatic rings. The minimum atomic E-state index is -3.97. The third kappa shape index (κ3) is 4.50. The molecule has 1 amide bonds. The van der Waals surface area contributed by atoms with Crippen LogP contribution in [-0.2, 0) is 19.6 Å². The molecule has 0 unspecified atom stereocenters. The van der Waals surface area contributed by atoms with E-state index in [0.29, 0.717) is 13.1 Å². The molecule has 0 aromatic carbocycles. The first-order chi connectivity index (χ1) is 14.9. The fourth-order valence-corrected chi connectivity index (χ4v) is 7.10. The van der Waals surface area contributed by atoms with Gasteiger partial charge in [-0.1, -0.05) is 0 Å². The van der Waals surface area contributed by atoms with E-state index in [2.05, 4.69) is 23.4 Å². The molecule has 0 saturated carbocycles. The van der Waals surface area contributed by atoms with Crippen molar-refractivity contribution in [3.8, 4) is 10.4 Å². The Morgan fingerprint density at radius 1 is 1.22 bits per heavy atom. The number of thiophene rings is 1. The van der Waals surface area contributed by atoms with E-state index in [4.69, 9.17) is 4.74 Å². The number of carbonyl (C=O) groups is 1. The fraction of sp³-hybridized carbons (Fsp3) is 0.500. The highest BCUT2D eigenvalue weighted by Gasteiger charge is 2.54. The Kier molecular flexibility index (Phi) is 7.79. The monoisotopic (exact) mass is 502 g/mol. The Bertz CT molecular complexity index is 1030. The highest BCUT2D eigenvalue weighted by atomic mass is 35.5. The average Bonchev–Trinajstić information content (AvgIpc) is 3.25. The second-order valence-electron chi connectivity index (χ2n) is 7.83. The van der Waals surface area contributed by atoms with Crippen LogP contribution in [0.1, 0.15) is 18.4 Å². The lowest BCUT2D eigenvalue weighted by Gasteiger charge is -2.41. The van der Waals surface area contributed by atoms with Gasteiger partial charge in [0.2, 0.25) is 10.0 Å². The quantitative estimate of drug-likeness (QED) is 0.475. The van der Waals surface area contributed by atoms with Gasteiger partial charge in [-0.3, -0.25) is 10.0 Å². The van der Waals surface area contributed by atoms with Gasteiger partial charge in [-0.15, -0.1) is 23.7 Å². The number of hydroxylamine groups is 1. The van der Waals surface area contributed by atoms with Crippen molar-refractivity contribution >= 4 is 45.5 Å². The molecule has 2 aliphatic heterocycles. The number of hydrogen-bond acceptors (Lipinski definition) is 8. The summed E-state index contributed by atoms with van der Waals surface area (Å²) in [6.45, 7) is 3.81. The number of anilines is 1. The highest BCUT2D eigenvalue weighted by molar-refractivity contribution is 7.91. The molecule has 12 heteroatoms. The highest BCUT2D eigenvalue weighted by Crippen LogP contribution is 2.34. The third-order valence-corrected chi connectivity index (χ3v) is 9.70. The van der Waals surface area contributed by atoms with Gasteiger partial charge in [-0.05, 0) is 36.1 Å². The summed E-state index contributed by atoms with van der Waals surface area (Å²) < 4.78 is 31.7. The number of ether oxygens (including phenoxy) is 1. The van der Waals surface area contributed by atoms with Gasteiger partial charge in [0.25, 0.3) is 5.91 Å². The van der Waals surface area contributed by atoms with Crippen LogP contribution in [0.25, 0.3) is 10.4 Å². The SMILES string of the molecule is Cc1csc(-c2ccc(N3CCN(S(=O)(=O)C4(C(=O)NO)CCOCC4)CC3)nc2)c1.Cl. The number of pyridine rings is 1. The van der Waals surface area contributed by atoms with Gasteiger partial charge in [-0.25, -0.2) is 18.9 Å². The third-order valence-electron chi connectivity index (χ3n) is 5.98. The second kappa shape index (κ2) is 10.0. The van der Waals surface area contributed by atoms with Gasteiger partial charge in [0.15, 0.2) is 4.75 Å². The lowest BCUT2D eigenvalue weighted by Crippen LogP contribution is -2.62. The number of nitrogens with one attached hydrogen (secondary N) is 1. The van der Waals surface area contributed by atoms with Gasteiger partial charge >= 0.3 is 0 Å². The molecule has 2 N–H and O–H groups in total. The van der Waals surface area contributed by atoms with Crippen LogP contribution in [0.5, 0.6) is 0 Å². The molecular formula is C20H27ClN4O5S2. The van der Waals surface area contributed by atoms with Crippen LogP contribution in [0.15, 0.2) is 29.8 Å². The van der Waals surface area contributed by atoms with Crippen molar-refractivity contribution in [3.63, 3.8) is 0 Å². The van der Waals surface area contributed by atoms with Gasteiger partial charge < -0.3 is 9.64 Å². The zero-order valence-corrected chi connectivity index (χ0v) is 20.1. The van der Waals surface area contributed by atoms with Gasteiger partial charge in [0.05, 0.1) is 0 Å². The molecule has 0 bridgehead atoms. The van der Waals surface area contributed by atoms with E-state index >= 15 is 0 Å². The van der Waals surface area contributed by atoms with Gasteiger partial charge in [0, 0.05) is 68.9 Å². The van der Waals surface area contributed by atoms with E-state index in [9.17, 15) is 18.4 Å².